The fourth-order valence-electron chi connectivity index (χ4n) is 6.27. The standard InChI is InChI=1S/C35H35Cl2FN3O7S.CH2O2/c1-45-29-9-7-22(15-31(29)46-2)30(16-24-25(36)18-40(44)19-26(24)37)47-34(42)33-10-8-23(49-33)17-41(28-6-4-3-5-27(28)38)35(43)48-32-20-39-13-11-21(32)12-14-39;2-1-3/h3-10,15,18-19,21,30,32,44H,11-14,16-17,20H2,1-2H3;1H,(H,2,3)/q+1;/p-1/t30-,32-;/m0./s1. The normalized spacial score (nSPS) is 18.0. The van der Waals surface area contributed by atoms with Crippen LogP contribution in [0.4, 0.5) is 14.9 Å². The number of rotatable bonds is 11. The molecular weight excluding hydrogens is 740 g/mol. The molecule has 2 atom stereocenters. The van der Waals surface area contributed by atoms with Crippen molar-refractivity contribution in [2.24, 2.45) is 5.92 Å². The van der Waals surface area contributed by atoms with Crippen molar-refractivity contribution >= 4 is 58.8 Å². The summed E-state index contributed by atoms with van der Waals surface area (Å²) >= 11 is 14.0. The molecule has 0 radical (unpaired) electrons. The predicted octanol–water partition coefficient (Wildman–Crippen LogP) is 5.48. The number of hydrogen-bond donors (Lipinski definition) is 1. The van der Waals surface area contributed by atoms with E-state index in [2.05, 4.69) is 4.90 Å². The van der Waals surface area contributed by atoms with Gasteiger partial charge in [-0.1, -0.05) is 41.4 Å². The third kappa shape index (κ3) is 9.23. The first kappa shape index (κ1) is 38.6. The maximum Gasteiger partial charge on any atom is 0.415 e. The summed E-state index contributed by atoms with van der Waals surface area (Å²) < 4.78 is 38.7. The molecule has 3 aliphatic heterocycles. The molecule has 3 saturated heterocycles. The highest BCUT2D eigenvalue weighted by Crippen LogP contribution is 2.36. The average Bonchev–Trinajstić information content (AvgIpc) is 3.61. The zero-order valence-electron chi connectivity index (χ0n) is 28.2. The Kier molecular flexibility index (Phi) is 13.2. The largest absolute Gasteiger partial charge is 0.554 e. The number of methoxy groups -OCH3 is 2. The number of pyridine rings is 1. The van der Waals surface area contributed by atoms with Crippen molar-refractivity contribution in [3.63, 3.8) is 0 Å². The number of benzene rings is 2. The minimum atomic E-state index is -0.881. The van der Waals surface area contributed by atoms with Crippen LogP contribution in [-0.2, 0) is 27.2 Å². The number of hydrogen-bond acceptors (Lipinski definition) is 11. The lowest BCUT2D eigenvalue weighted by molar-refractivity contribution is -0.904. The number of carbonyl (C=O) groups excluding carboxylic acids is 3. The molecule has 7 rings (SSSR count). The van der Waals surface area contributed by atoms with Gasteiger partial charge in [-0.25, -0.2) is 14.0 Å². The lowest BCUT2D eigenvalue weighted by atomic mass is 9.86. The van der Waals surface area contributed by atoms with Gasteiger partial charge in [-0.05, 0) is 73.8 Å². The fraction of sp³-hybridized carbons (Fsp3) is 0.333. The minimum Gasteiger partial charge on any atom is -0.554 e. The Labute approximate surface area is 313 Å². The smallest absolute Gasteiger partial charge is 0.415 e. The van der Waals surface area contributed by atoms with Crippen LogP contribution in [0.15, 0.2) is 67.0 Å². The van der Waals surface area contributed by atoms with Crippen LogP contribution in [0.1, 0.15) is 44.6 Å². The van der Waals surface area contributed by atoms with Crippen LogP contribution < -0.4 is 24.2 Å². The average molecular weight is 777 g/mol. The molecule has 2 aromatic carbocycles. The van der Waals surface area contributed by atoms with Crippen LogP contribution in [0.5, 0.6) is 11.5 Å². The van der Waals surface area contributed by atoms with E-state index in [9.17, 15) is 14.8 Å². The molecular formula is C36H36Cl2FN3O9S. The van der Waals surface area contributed by atoms with Gasteiger partial charge >= 0.3 is 12.1 Å². The molecule has 0 unspecified atom stereocenters. The number of halogens is 3. The van der Waals surface area contributed by atoms with Gasteiger partial charge in [0.05, 0.1) is 26.5 Å². The summed E-state index contributed by atoms with van der Waals surface area (Å²) in [6.07, 6.45) is 2.77. The molecule has 5 heterocycles. The van der Waals surface area contributed by atoms with Gasteiger partial charge in [0.15, 0.2) is 11.5 Å². The van der Waals surface area contributed by atoms with E-state index < -0.39 is 30.5 Å². The third-order valence-corrected chi connectivity index (χ3v) is 10.6. The van der Waals surface area contributed by atoms with Crippen LogP contribution in [0.3, 0.4) is 0 Å². The first-order valence-electron chi connectivity index (χ1n) is 16.2. The number of aromatic nitrogens is 1. The highest BCUT2D eigenvalue weighted by atomic mass is 35.5. The minimum absolute atomic E-state index is 0.0195. The second kappa shape index (κ2) is 17.7. The number of anilines is 1. The third-order valence-electron chi connectivity index (χ3n) is 8.87. The SMILES string of the molecule is COc1ccc([C@H](Cc2c(Cl)c[n+](O)cc2Cl)OC(=O)c2ccc(CN(C(=O)O[C@H]3CN4CCC3CC4)c3ccccc3F)s2)cc1OC.O=C[O-]. The van der Waals surface area contributed by atoms with E-state index in [1.165, 1.54) is 43.6 Å². The second-order valence-electron chi connectivity index (χ2n) is 12.0. The van der Waals surface area contributed by atoms with Gasteiger partial charge < -0.3 is 28.8 Å². The maximum absolute atomic E-state index is 15.0. The monoisotopic (exact) mass is 775 g/mol. The molecule has 16 heteroatoms. The number of fused-ring (bicyclic) bond motifs is 3. The number of esters is 1. The molecule has 1 amide bonds. The Morgan fingerprint density at radius 2 is 1.75 bits per heavy atom. The van der Waals surface area contributed by atoms with Crippen LogP contribution in [0, 0.1) is 11.7 Å². The summed E-state index contributed by atoms with van der Waals surface area (Å²) in [4.78, 5) is 40.0. The Balaban J connectivity index is 0.00000168. The molecule has 12 nitrogen and oxygen atoms in total. The van der Waals surface area contributed by atoms with Crippen molar-refractivity contribution in [1.29, 1.82) is 0 Å². The van der Waals surface area contributed by atoms with Gasteiger partial charge in [0, 0.05) is 34.6 Å². The lowest BCUT2D eigenvalue weighted by Crippen LogP contribution is -2.53. The van der Waals surface area contributed by atoms with E-state index >= 15 is 4.39 Å². The first-order chi connectivity index (χ1) is 25.0. The van der Waals surface area contributed by atoms with Gasteiger partial charge in [0.1, 0.15) is 32.9 Å². The first-order valence-corrected chi connectivity index (χ1v) is 17.7. The Hall–Kier alpha value is -4.63. The van der Waals surface area contributed by atoms with Crippen LogP contribution in [0.2, 0.25) is 10.0 Å². The number of nitrogens with zero attached hydrogens (tertiary/aromatic N) is 3. The molecule has 4 aromatic rings. The van der Waals surface area contributed by atoms with Crippen molar-refractivity contribution < 1.29 is 52.8 Å². The van der Waals surface area contributed by atoms with Crippen molar-refractivity contribution in [2.75, 3.05) is 38.8 Å². The molecule has 3 aliphatic rings. The van der Waals surface area contributed by atoms with Crippen LogP contribution in [-0.4, -0.2) is 68.6 Å². The van der Waals surface area contributed by atoms with Crippen molar-refractivity contribution in [1.82, 2.24) is 4.90 Å². The quantitative estimate of drug-likeness (QED) is 0.0902. The molecule has 0 aliphatic carbocycles. The fourth-order valence-corrected chi connectivity index (χ4v) is 7.76. The van der Waals surface area contributed by atoms with Gasteiger partial charge in [0.25, 0.3) is 0 Å². The second-order valence-corrected chi connectivity index (χ2v) is 14.0. The van der Waals surface area contributed by atoms with Gasteiger partial charge in [-0.2, -0.15) is 0 Å². The molecule has 0 spiro atoms. The van der Waals surface area contributed by atoms with E-state index in [1.54, 1.807) is 42.5 Å². The Bertz CT molecular complexity index is 1870. The number of piperidine rings is 3. The molecule has 3 fully saturated rings. The summed E-state index contributed by atoms with van der Waals surface area (Å²) in [6, 6.07) is 14.5. The van der Waals surface area contributed by atoms with Crippen molar-refractivity contribution in [2.45, 2.75) is 38.0 Å². The molecule has 2 bridgehead atoms. The van der Waals surface area contributed by atoms with Crippen molar-refractivity contribution in [3.05, 3.63) is 104 Å². The number of carbonyl (C=O) groups is 3. The maximum atomic E-state index is 15.0. The van der Waals surface area contributed by atoms with Crippen molar-refractivity contribution in [3.8, 4) is 11.5 Å². The summed E-state index contributed by atoms with van der Waals surface area (Å²) in [5, 5.41) is 18.5. The van der Waals surface area contributed by atoms with Crippen LogP contribution in [0.25, 0.3) is 0 Å². The number of thiophene rings is 1. The van der Waals surface area contributed by atoms with E-state index in [4.69, 9.17) is 52.1 Å². The van der Waals surface area contributed by atoms with Gasteiger partial charge in [0.2, 0.25) is 12.4 Å². The molecule has 2 aromatic heterocycles. The van der Waals surface area contributed by atoms with Gasteiger partial charge in [-0.3, -0.25) is 15.0 Å². The zero-order valence-corrected chi connectivity index (χ0v) is 30.5. The Morgan fingerprint density at radius 3 is 2.37 bits per heavy atom. The summed E-state index contributed by atoms with van der Waals surface area (Å²) in [7, 11) is 3.01. The number of carboxylic acid groups (broad SMARTS) is 1. The molecule has 276 valence electrons. The molecule has 1 N–H and O–H groups in total. The van der Waals surface area contributed by atoms with E-state index in [0.717, 1.165) is 42.0 Å². The summed E-state index contributed by atoms with van der Waals surface area (Å²) in [5.41, 5.74) is 1.12. The highest BCUT2D eigenvalue weighted by Gasteiger charge is 2.38. The predicted molar refractivity (Wildman–Crippen MR) is 188 cm³/mol. The number of para-hydroxylation sites is 1. The van der Waals surface area contributed by atoms with Gasteiger partial charge in [-0.15, -0.1) is 11.3 Å². The Morgan fingerprint density at radius 1 is 1.08 bits per heavy atom. The number of ether oxygens (including phenoxy) is 4. The summed E-state index contributed by atoms with van der Waals surface area (Å²) in [6.45, 7) is 2.13. The molecule has 0 saturated carbocycles. The topological polar surface area (TPSA) is 142 Å². The highest BCUT2D eigenvalue weighted by molar-refractivity contribution is 7.14. The van der Waals surface area contributed by atoms with E-state index in [-0.39, 0.29) is 45.6 Å². The molecule has 52 heavy (non-hydrogen) atoms. The van der Waals surface area contributed by atoms with Crippen LogP contribution >= 0.6 is 34.5 Å². The zero-order chi connectivity index (χ0) is 37.4. The lowest BCUT2D eigenvalue weighted by Gasteiger charge is -2.44. The summed E-state index contributed by atoms with van der Waals surface area (Å²) in [5.74, 6) is -0.00160. The van der Waals surface area contributed by atoms with E-state index in [1.807, 2.05) is 0 Å². The van der Waals surface area contributed by atoms with E-state index in [0.29, 0.717) is 34.0 Å². The number of amides is 1.